The van der Waals surface area contributed by atoms with Crippen LogP contribution in [0.2, 0.25) is 5.02 Å². The Kier molecular flexibility index (Phi) is 3.41. The van der Waals surface area contributed by atoms with E-state index in [0.717, 1.165) is 21.7 Å². The lowest BCUT2D eigenvalue weighted by molar-refractivity contribution is 0.218. The van der Waals surface area contributed by atoms with Crippen LogP contribution in [-0.4, -0.2) is 18.0 Å². The van der Waals surface area contributed by atoms with E-state index in [2.05, 4.69) is 5.32 Å². The quantitative estimate of drug-likeness (QED) is 0.893. The molecule has 104 valence electrons. The van der Waals surface area contributed by atoms with Crippen LogP contribution in [-0.2, 0) is 6.54 Å². The highest BCUT2D eigenvalue weighted by Gasteiger charge is 2.21. The fourth-order valence-corrected chi connectivity index (χ4v) is 3.48. The molecular formula is C14H14ClN3OS. The largest absolute Gasteiger partial charge is 0.323 e. The number of amides is 2. The number of hydrogen-bond donors (Lipinski definition) is 2. The summed E-state index contributed by atoms with van der Waals surface area (Å²) in [4.78, 5) is 14.2. The second-order valence-corrected chi connectivity index (χ2v) is 6.17. The van der Waals surface area contributed by atoms with Crippen LogP contribution in [0.1, 0.15) is 22.0 Å². The molecule has 1 aliphatic heterocycles. The van der Waals surface area contributed by atoms with E-state index in [1.54, 1.807) is 23.3 Å². The van der Waals surface area contributed by atoms with Crippen molar-refractivity contribution in [3.05, 3.63) is 50.7 Å². The molecule has 0 spiro atoms. The van der Waals surface area contributed by atoms with E-state index in [9.17, 15) is 4.79 Å². The van der Waals surface area contributed by atoms with Gasteiger partial charge in [0.1, 0.15) is 0 Å². The fourth-order valence-electron chi connectivity index (χ4n) is 2.28. The molecule has 0 saturated carbocycles. The maximum absolute atomic E-state index is 11.6. The first kappa shape index (κ1) is 13.4. The number of urea groups is 1. The lowest BCUT2D eigenvalue weighted by atomic mass is 10.0. The summed E-state index contributed by atoms with van der Waals surface area (Å²) < 4.78 is 0. The Morgan fingerprint density at radius 3 is 2.95 bits per heavy atom. The standard InChI is InChI=1S/C14H14ClN3OS/c1-18-7-9-6-8(2-3-11(9)17-14(18)19)12(16)13-10(15)4-5-20-13/h2-6,12H,7,16H2,1H3,(H,17,19). The molecule has 1 unspecified atom stereocenters. The molecule has 20 heavy (non-hydrogen) atoms. The average molecular weight is 308 g/mol. The molecule has 2 aromatic rings. The molecule has 1 aromatic heterocycles. The van der Waals surface area contributed by atoms with E-state index in [-0.39, 0.29) is 12.1 Å². The Morgan fingerprint density at radius 1 is 1.45 bits per heavy atom. The molecule has 0 bridgehead atoms. The summed E-state index contributed by atoms with van der Waals surface area (Å²) in [6.07, 6.45) is 0. The summed E-state index contributed by atoms with van der Waals surface area (Å²) in [5.74, 6) is 0. The number of benzene rings is 1. The van der Waals surface area contributed by atoms with E-state index in [4.69, 9.17) is 17.3 Å². The van der Waals surface area contributed by atoms with E-state index in [0.29, 0.717) is 11.6 Å². The highest BCUT2D eigenvalue weighted by atomic mass is 35.5. The van der Waals surface area contributed by atoms with E-state index in [1.807, 2.05) is 29.6 Å². The smallest absolute Gasteiger partial charge is 0.321 e. The van der Waals surface area contributed by atoms with Crippen molar-refractivity contribution in [2.45, 2.75) is 12.6 Å². The first-order valence-corrected chi connectivity index (χ1v) is 7.45. The lowest BCUT2D eigenvalue weighted by Crippen LogP contribution is -2.35. The summed E-state index contributed by atoms with van der Waals surface area (Å²) in [5.41, 5.74) is 9.19. The maximum atomic E-state index is 11.6. The molecule has 4 nitrogen and oxygen atoms in total. The summed E-state index contributed by atoms with van der Waals surface area (Å²) in [6, 6.07) is 7.40. The fraction of sp³-hybridized carbons (Fsp3) is 0.214. The van der Waals surface area contributed by atoms with Gasteiger partial charge < -0.3 is 16.0 Å². The second-order valence-electron chi connectivity index (χ2n) is 4.81. The van der Waals surface area contributed by atoms with Gasteiger partial charge in [0.15, 0.2) is 0 Å². The average Bonchev–Trinajstić information content (AvgIpc) is 2.85. The molecule has 2 heterocycles. The van der Waals surface area contributed by atoms with Gasteiger partial charge in [-0.2, -0.15) is 0 Å². The SMILES string of the molecule is CN1Cc2cc(C(N)c3sccc3Cl)ccc2NC1=O. The minimum Gasteiger partial charge on any atom is -0.323 e. The maximum Gasteiger partial charge on any atom is 0.321 e. The van der Waals surface area contributed by atoms with Crippen molar-refractivity contribution in [1.29, 1.82) is 0 Å². The van der Waals surface area contributed by atoms with Crippen LogP contribution in [0.3, 0.4) is 0 Å². The van der Waals surface area contributed by atoms with Crippen LogP contribution in [0.4, 0.5) is 10.5 Å². The normalized spacial score (nSPS) is 15.8. The second kappa shape index (κ2) is 5.09. The van der Waals surface area contributed by atoms with E-state index in [1.165, 1.54) is 0 Å². The third-order valence-electron chi connectivity index (χ3n) is 3.41. The monoisotopic (exact) mass is 307 g/mol. The van der Waals surface area contributed by atoms with Gasteiger partial charge in [-0.3, -0.25) is 0 Å². The van der Waals surface area contributed by atoms with Gasteiger partial charge in [-0.05, 0) is 34.7 Å². The molecule has 6 heteroatoms. The Balaban J connectivity index is 1.95. The van der Waals surface area contributed by atoms with Crippen molar-refractivity contribution in [3.63, 3.8) is 0 Å². The van der Waals surface area contributed by atoms with Gasteiger partial charge in [-0.25, -0.2) is 4.79 Å². The van der Waals surface area contributed by atoms with Crippen molar-refractivity contribution in [1.82, 2.24) is 4.90 Å². The zero-order chi connectivity index (χ0) is 14.3. The van der Waals surface area contributed by atoms with Crippen LogP contribution in [0.5, 0.6) is 0 Å². The van der Waals surface area contributed by atoms with Crippen molar-refractivity contribution in [3.8, 4) is 0 Å². The van der Waals surface area contributed by atoms with Gasteiger partial charge in [0.25, 0.3) is 0 Å². The summed E-state index contributed by atoms with van der Waals surface area (Å²) in [7, 11) is 1.76. The Bertz CT molecular complexity index is 670. The Labute approximate surface area is 126 Å². The van der Waals surface area contributed by atoms with Crippen LogP contribution in [0.25, 0.3) is 0 Å². The van der Waals surface area contributed by atoms with Gasteiger partial charge in [0.2, 0.25) is 0 Å². The van der Waals surface area contributed by atoms with Crippen LogP contribution >= 0.6 is 22.9 Å². The molecule has 1 atom stereocenters. The molecule has 3 rings (SSSR count). The highest BCUT2D eigenvalue weighted by Crippen LogP contribution is 2.33. The van der Waals surface area contributed by atoms with Crippen molar-refractivity contribution in [2.75, 3.05) is 12.4 Å². The minimum absolute atomic E-state index is 0.0872. The van der Waals surface area contributed by atoms with Crippen molar-refractivity contribution in [2.24, 2.45) is 5.73 Å². The number of hydrogen-bond acceptors (Lipinski definition) is 3. The number of anilines is 1. The molecule has 3 N–H and O–H groups in total. The van der Waals surface area contributed by atoms with E-state index < -0.39 is 0 Å². The molecular weight excluding hydrogens is 294 g/mol. The highest BCUT2D eigenvalue weighted by molar-refractivity contribution is 7.10. The summed E-state index contributed by atoms with van der Waals surface area (Å²) in [5, 5.41) is 5.48. The van der Waals surface area contributed by atoms with E-state index >= 15 is 0 Å². The Morgan fingerprint density at radius 2 is 2.25 bits per heavy atom. The zero-order valence-electron chi connectivity index (χ0n) is 10.9. The van der Waals surface area contributed by atoms with Crippen molar-refractivity contribution >= 4 is 34.7 Å². The predicted molar refractivity (Wildman–Crippen MR) is 82.3 cm³/mol. The van der Waals surface area contributed by atoms with Crippen LogP contribution in [0, 0.1) is 0 Å². The summed E-state index contributed by atoms with van der Waals surface area (Å²) in [6.45, 7) is 0.583. The number of carbonyl (C=O) groups excluding carboxylic acids is 1. The first-order valence-electron chi connectivity index (χ1n) is 6.19. The number of carbonyl (C=O) groups is 1. The molecule has 2 amide bonds. The first-order chi connectivity index (χ1) is 9.56. The number of nitrogens with one attached hydrogen (secondary N) is 1. The molecule has 0 aliphatic carbocycles. The minimum atomic E-state index is -0.240. The number of fused-ring (bicyclic) bond motifs is 1. The number of nitrogens with zero attached hydrogens (tertiary/aromatic N) is 1. The molecule has 1 aromatic carbocycles. The van der Waals surface area contributed by atoms with Gasteiger partial charge in [-0.1, -0.05) is 17.7 Å². The number of halogens is 1. The third kappa shape index (κ3) is 2.28. The molecule has 0 radical (unpaired) electrons. The molecule has 1 aliphatic rings. The van der Waals surface area contributed by atoms with Gasteiger partial charge in [0, 0.05) is 24.2 Å². The predicted octanol–water partition coefficient (Wildman–Crippen LogP) is 3.43. The van der Waals surface area contributed by atoms with Gasteiger partial charge >= 0.3 is 6.03 Å². The van der Waals surface area contributed by atoms with Crippen molar-refractivity contribution < 1.29 is 4.79 Å². The molecule has 0 fully saturated rings. The van der Waals surface area contributed by atoms with Crippen LogP contribution < -0.4 is 11.1 Å². The van der Waals surface area contributed by atoms with Gasteiger partial charge in [-0.15, -0.1) is 11.3 Å². The molecule has 0 saturated heterocycles. The Hall–Kier alpha value is -1.56. The number of thiophene rings is 1. The van der Waals surface area contributed by atoms with Gasteiger partial charge in [0.05, 0.1) is 11.1 Å². The zero-order valence-corrected chi connectivity index (χ0v) is 12.5. The topological polar surface area (TPSA) is 58.4 Å². The number of nitrogens with two attached hydrogens (primary N) is 1. The number of rotatable bonds is 2. The third-order valence-corrected chi connectivity index (χ3v) is 4.85. The lowest BCUT2D eigenvalue weighted by Gasteiger charge is -2.27. The summed E-state index contributed by atoms with van der Waals surface area (Å²) >= 11 is 7.69. The van der Waals surface area contributed by atoms with Crippen LogP contribution in [0.15, 0.2) is 29.6 Å².